The fourth-order valence-electron chi connectivity index (χ4n) is 2.82. The Morgan fingerprint density at radius 1 is 1.48 bits per heavy atom. The fourth-order valence-corrected chi connectivity index (χ4v) is 3.60. The van der Waals surface area contributed by atoms with Gasteiger partial charge in [-0.05, 0) is 44.6 Å². The van der Waals surface area contributed by atoms with Gasteiger partial charge in [0, 0.05) is 32.2 Å². The van der Waals surface area contributed by atoms with Gasteiger partial charge in [0.05, 0.1) is 10.4 Å². The van der Waals surface area contributed by atoms with E-state index < -0.39 is 0 Å². The normalized spacial score (nSPS) is 18.8. The average Bonchev–Trinajstić information content (AvgIpc) is 2.97. The van der Waals surface area contributed by atoms with Crippen LogP contribution in [0.2, 0.25) is 0 Å². The summed E-state index contributed by atoms with van der Waals surface area (Å²) in [5.41, 5.74) is 0.655. The Bertz CT molecular complexity index is 497. The van der Waals surface area contributed by atoms with E-state index >= 15 is 0 Å². The van der Waals surface area contributed by atoms with Crippen molar-refractivity contribution in [1.82, 2.24) is 4.90 Å². The first kappa shape index (κ1) is 16.2. The average molecular weight is 309 g/mol. The molecule has 116 valence electrons. The Kier molecular flexibility index (Phi) is 5.94. The minimum absolute atomic E-state index is 0.0233. The molecule has 0 unspecified atom stereocenters. The maximum atomic E-state index is 12.5. The number of piperidine rings is 1. The minimum Gasteiger partial charge on any atom is -0.385 e. The number of carbonyl (C=O) groups excluding carboxylic acids is 2. The number of hydrogen-bond donors (Lipinski definition) is 0. The first-order chi connectivity index (χ1) is 10.1. The zero-order chi connectivity index (χ0) is 15.2. The predicted octanol–water partition coefficient (Wildman–Crippen LogP) is 3.23. The fraction of sp³-hybridized carbons (Fsp3) is 0.625. The van der Waals surface area contributed by atoms with Crippen LogP contribution in [0, 0.1) is 5.92 Å². The standard InChI is InChI=1S/C16H23NO3S/c1-12(18)15-9-14(11-21-15)16(19)17-7-3-5-13(10-17)6-4-8-20-2/h9,11,13H,3-8,10H2,1-2H3/t13-/m0/s1. The third-order valence-electron chi connectivity index (χ3n) is 3.96. The van der Waals surface area contributed by atoms with E-state index in [0.717, 1.165) is 39.0 Å². The summed E-state index contributed by atoms with van der Waals surface area (Å²) in [5.74, 6) is 0.661. The van der Waals surface area contributed by atoms with Gasteiger partial charge in [-0.2, -0.15) is 0 Å². The van der Waals surface area contributed by atoms with Crippen LogP contribution in [0.15, 0.2) is 11.4 Å². The molecule has 1 fully saturated rings. The number of ketones is 1. The van der Waals surface area contributed by atoms with Crippen molar-refractivity contribution in [2.24, 2.45) is 5.92 Å². The van der Waals surface area contributed by atoms with Gasteiger partial charge in [-0.15, -0.1) is 11.3 Å². The second-order valence-electron chi connectivity index (χ2n) is 5.65. The highest BCUT2D eigenvalue weighted by molar-refractivity contribution is 7.12. The second kappa shape index (κ2) is 7.71. The van der Waals surface area contributed by atoms with E-state index in [1.54, 1.807) is 18.6 Å². The highest BCUT2D eigenvalue weighted by atomic mass is 32.1. The lowest BCUT2D eigenvalue weighted by Crippen LogP contribution is -2.39. The molecule has 0 radical (unpaired) electrons. The van der Waals surface area contributed by atoms with Gasteiger partial charge in [0.25, 0.3) is 5.91 Å². The molecule has 1 amide bonds. The number of nitrogens with zero attached hydrogens (tertiary/aromatic N) is 1. The van der Waals surface area contributed by atoms with Gasteiger partial charge < -0.3 is 9.64 Å². The molecule has 1 aromatic heterocycles. The van der Waals surface area contributed by atoms with Gasteiger partial charge in [0.2, 0.25) is 0 Å². The quantitative estimate of drug-likeness (QED) is 0.599. The number of ether oxygens (including phenoxy) is 1. The maximum absolute atomic E-state index is 12.5. The van der Waals surface area contributed by atoms with E-state index in [-0.39, 0.29) is 11.7 Å². The second-order valence-corrected chi connectivity index (χ2v) is 6.56. The first-order valence-corrected chi connectivity index (χ1v) is 8.37. The van der Waals surface area contributed by atoms with E-state index in [9.17, 15) is 9.59 Å². The molecule has 0 saturated carbocycles. The van der Waals surface area contributed by atoms with Crippen molar-refractivity contribution < 1.29 is 14.3 Å². The molecule has 0 spiro atoms. The van der Waals surface area contributed by atoms with Crippen molar-refractivity contribution in [2.45, 2.75) is 32.6 Å². The molecule has 2 heterocycles. The number of amides is 1. The number of carbonyl (C=O) groups is 2. The van der Waals surface area contributed by atoms with E-state index in [1.807, 2.05) is 4.90 Å². The largest absolute Gasteiger partial charge is 0.385 e. The summed E-state index contributed by atoms with van der Waals surface area (Å²) < 4.78 is 5.09. The third kappa shape index (κ3) is 4.38. The van der Waals surface area contributed by atoms with Crippen LogP contribution in [0.5, 0.6) is 0 Å². The number of methoxy groups -OCH3 is 1. The molecule has 0 aromatic carbocycles. The number of rotatable bonds is 6. The van der Waals surface area contributed by atoms with Crippen LogP contribution in [-0.4, -0.2) is 43.4 Å². The van der Waals surface area contributed by atoms with E-state index in [4.69, 9.17) is 4.74 Å². The zero-order valence-corrected chi connectivity index (χ0v) is 13.6. The van der Waals surface area contributed by atoms with E-state index in [2.05, 4.69) is 0 Å². The van der Waals surface area contributed by atoms with Gasteiger partial charge in [-0.25, -0.2) is 0 Å². The number of likely N-dealkylation sites (tertiary alicyclic amines) is 1. The molecule has 1 aromatic rings. The Balaban J connectivity index is 1.93. The molecule has 21 heavy (non-hydrogen) atoms. The van der Waals surface area contributed by atoms with Crippen LogP contribution in [-0.2, 0) is 4.74 Å². The van der Waals surface area contributed by atoms with Crippen molar-refractivity contribution in [1.29, 1.82) is 0 Å². The summed E-state index contributed by atoms with van der Waals surface area (Å²) in [6.07, 6.45) is 4.42. The van der Waals surface area contributed by atoms with Gasteiger partial charge in [-0.1, -0.05) is 0 Å². The molecule has 0 N–H and O–H groups in total. The molecular weight excluding hydrogens is 286 g/mol. The maximum Gasteiger partial charge on any atom is 0.254 e. The summed E-state index contributed by atoms with van der Waals surface area (Å²) in [4.78, 5) is 26.4. The monoisotopic (exact) mass is 309 g/mol. The zero-order valence-electron chi connectivity index (χ0n) is 12.8. The molecule has 0 aliphatic carbocycles. The van der Waals surface area contributed by atoms with Gasteiger partial charge in [-0.3, -0.25) is 9.59 Å². The van der Waals surface area contributed by atoms with Crippen molar-refractivity contribution >= 4 is 23.0 Å². The van der Waals surface area contributed by atoms with Crippen molar-refractivity contribution in [3.05, 3.63) is 21.9 Å². The summed E-state index contributed by atoms with van der Waals surface area (Å²) in [7, 11) is 1.72. The highest BCUT2D eigenvalue weighted by Gasteiger charge is 2.25. The van der Waals surface area contributed by atoms with Gasteiger partial charge >= 0.3 is 0 Å². The Morgan fingerprint density at radius 2 is 2.29 bits per heavy atom. The minimum atomic E-state index is 0.0233. The molecule has 2 rings (SSSR count). The van der Waals surface area contributed by atoms with Crippen molar-refractivity contribution in [2.75, 3.05) is 26.8 Å². The van der Waals surface area contributed by atoms with Crippen LogP contribution in [0.3, 0.4) is 0 Å². The molecular formula is C16H23NO3S. The van der Waals surface area contributed by atoms with Gasteiger partial charge in [0.15, 0.2) is 5.78 Å². The lowest BCUT2D eigenvalue weighted by molar-refractivity contribution is 0.0661. The SMILES string of the molecule is COCCC[C@@H]1CCCN(C(=O)c2csc(C(C)=O)c2)C1. The van der Waals surface area contributed by atoms with Crippen LogP contribution in [0.4, 0.5) is 0 Å². The molecule has 5 heteroatoms. The lowest BCUT2D eigenvalue weighted by atomic mass is 9.93. The summed E-state index contributed by atoms with van der Waals surface area (Å²) in [6.45, 7) is 3.97. The number of Topliss-reactive ketones (excluding diaryl/α,β-unsaturated/α-hetero) is 1. The summed E-state index contributed by atoms with van der Waals surface area (Å²) >= 11 is 1.35. The predicted molar refractivity (Wildman–Crippen MR) is 84.1 cm³/mol. The lowest BCUT2D eigenvalue weighted by Gasteiger charge is -2.32. The Hall–Kier alpha value is -1.20. The topological polar surface area (TPSA) is 46.6 Å². The van der Waals surface area contributed by atoms with Gasteiger partial charge in [0.1, 0.15) is 0 Å². The van der Waals surface area contributed by atoms with Crippen molar-refractivity contribution in [3.8, 4) is 0 Å². The summed E-state index contributed by atoms with van der Waals surface area (Å²) in [6, 6.07) is 1.73. The Morgan fingerprint density at radius 3 is 2.95 bits per heavy atom. The van der Waals surface area contributed by atoms with Crippen LogP contribution in [0.25, 0.3) is 0 Å². The summed E-state index contributed by atoms with van der Waals surface area (Å²) in [5, 5.41) is 1.80. The molecule has 1 atom stereocenters. The smallest absolute Gasteiger partial charge is 0.254 e. The van der Waals surface area contributed by atoms with E-state index in [1.165, 1.54) is 24.7 Å². The van der Waals surface area contributed by atoms with Crippen LogP contribution in [0.1, 0.15) is 52.6 Å². The molecule has 1 aliphatic heterocycles. The molecule has 1 aliphatic rings. The van der Waals surface area contributed by atoms with Crippen LogP contribution >= 0.6 is 11.3 Å². The molecule has 0 bridgehead atoms. The highest BCUT2D eigenvalue weighted by Crippen LogP contribution is 2.24. The molecule has 4 nitrogen and oxygen atoms in total. The number of thiophene rings is 1. The number of hydrogen-bond acceptors (Lipinski definition) is 4. The third-order valence-corrected chi connectivity index (χ3v) is 4.99. The molecule has 1 saturated heterocycles. The van der Waals surface area contributed by atoms with Crippen molar-refractivity contribution in [3.63, 3.8) is 0 Å². The van der Waals surface area contributed by atoms with Crippen LogP contribution < -0.4 is 0 Å². The Labute approximate surface area is 130 Å². The van der Waals surface area contributed by atoms with E-state index in [0.29, 0.717) is 16.4 Å². The first-order valence-electron chi connectivity index (χ1n) is 7.49.